The molecule has 2 nitrogen and oxygen atoms in total. The van der Waals surface area contributed by atoms with Crippen molar-refractivity contribution in [2.24, 2.45) is 5.73 Å². The van der Waals surface area contributed by atoms with E-state index in [-0.39, 0.29) is 6.04 Å². The zero-order chi connectivity index (χ0) is 13.3. The summed E-state index contributed by atoms with van der Waals surface area (Å²) in [5, 5.41) is 1.14. The molecule has 3 heteroatoms. The number of nitrogens with two attached hydrogens (primary N) is 1. The lowest BCUT2D eigenvalue weighted by Crippen LogP contribution is -2.14. The van der Waals surface area contributed by atoms with Gasteiger partial charge >= 0.3 is 0 Å². The summed E-state index contributed by atoms with van der Waals surface area (Å²) < 4.78 is 0. The molecule has 0 amide bonds. The Labute approximate surface area is 113 Å². The van der Waals surface area contributed by atoms with E-state index in [1.165, 1.54) is 21.6 Å². The molecule has 2 N–H and O–H groups in total. The molecular weight excluding hydrogens is 240 g/mol. The quantitative estimate of drug-likeness (QED) is 0.915. The Morgan fingerprint density at radius 1 is 1.22 bits per heavy atom. The maximum Gasteiger partial charge on any atom is 0.0949 e. The SMILES string of the molecule is Cc1ccc(C(N)Cc2nc(C)c(C)s2)c(C)c1. The molecule has 0 spiro atoms. The van der Waals surface area contributed by atoms with Crippen LogP contribution in [0.4, 0.5) is 0 Å². The summed E-state index contributed by atoms with van der Waals surface area (Å²) in [5.74, 6) is 0. The molecule has 1 heterocycles. The Morgan fingerprint density at radius 3 is 2.50 bits per heavy atom. The molecule has 0 fully saturated rings. The van der Waals surface area contributed by atoms with Crippen LogP contribution in [0.25, 0.3) is 0 Å². The van der Waals surface area contributed by atoms with Crippen molar-refractivity contribution in [3.63, 3.8) is 0 Å². The van der Waals surface area contributed by atoms with Crippen LogP contribution in [-0.4, -0.2) is 4.98 Å². The van der Waals surface area contributed by atoms with Crippen LogP contribution in [0.15, 0.2) is 18.2 Å². The normalized spacial score (nSPS) is 12.7. The number of aryl methyl sites for hydroxylation is 4. The van der Waals surface area contributed by atoms with Crippen molar-refractivity contribution in [2.75, 3.05) is 0 Å². The van der Waals surface area contributed by atoms with E-state index < -0.39 is 0 Å². The highest BCUT2D eigenvalue weighted by Gasteiger charge is 2.13. The van der Waals surface area contributed by atoms with E-state index in [4.69, 9.17) is 5.73 Å². The monoisotopic (exact) mass is 260 g/mol. The van der Waals surface area contributed by atoms with Gasteiger partial charge in [-0.15, -0.1) is 11.3 Å². The summed E-state index contributed by atoms with van der Waals surface area (Å²) in [5.41, 5.74) is 11.2. The molecule has 1 atom stereocenters. The highest BCUT2D eigenvalue weighted by molar-refractivity contribution is 7.11. The molecule has 2 rings (SSSR count). The third kappa shape index (κ3) is 2.79. The lowest BCUT2D eigenvalue weighted by molar-refractivity contribution is 0.711. The number of nitrogens with zero attached hydrogens (tertiary/aromatic N) is 1. The zero-order valence-corrected chi connectivity index (χ0v) is 12.3. The van der Waals surface area contributed by atoms with E-state index in [1.807, 2.05) is 0 Å². The Balaban J connectivity index is 2.19. The predicted molar refractivity (Wildman–Crippen MR) is 78.1 cm³/mol. The molecule has 0 saturated carbocycles. The van der Waals surface area contributed by atoms with Crippen LogP contribution in [0.2, 0.25) is 0 Å². The van der Waals surface area contributed by atoms with E-state index in [0.29, 0.717) is 0 Å². The summed E-state index contributed by atoms with van der Waals surface area (Å²) in [6.07, 6.45) is 0.823. The first-order valence-electron chi connectivity index (χ1n) is 6.23. The van der Waals surface area contributed by atoms with Crippen molar-refractivity contribution in [3.05, 3.63) is 50.5 Å². The molecule has 1 unspecified atom stereocenters. The molecule has 0 aliphatic carbocycles. The van der Waals surface area contributed by atoms with Gasteiger partial charge in [-0.25, -0.2) is 4.98 Å². The lowest BCUT2D eigenvalue weighted by Gasteiger charge is -2.14. The van der Waals surface area contributed by atoms with Crippen molar-refractivity contribution in [1.82, 2.24) is 4.98 Å². The smallest absolute Gasteiger partial charge is 0.0949 e. The van der Waals surface area contributed by atoms with E-state index >= 15 is 0 Å². The standard InChI is InChI=1S/C15H20N2S/c1-9-5-6-13(10(2)7-9)14(16)8-15-17-11(3)12(4)18-15/h5-7,14H,8,16H2,1-4H3. The fourth-order valence-corrected chi connectivity index (χ4v) is 3.16. The van der Waals surface area contributed by atoms with Gasteiger partial charge in [0.2, 0.25) is 0 Å². The van der Waals surface area contributed by atoms with Gasteiger partial charge in [0.1, 0.15) is 0 Å². The van der Waals surface area contributed by atoms with Crippen molar-refractivity contribution in [2.45, 2.75) is 40.2 Å². The van der Waals surface area contributed by atoms with Crippen LogP contribution in [0.1, 0.15) is 38.3 Å². The fraction of sp³-hybridized carbons (Fsp3) is 0.400. The molecule has 0 bridgehead atoms. The fourth-order valence-electron chi connectivity index (χ4n) is 2.17. The van der Waals surface area contributed by atoms with Crippen molar-refractivity contribution < 1.29 is 0 Å². The van der Waals surface area contributed by atoms with E-state index in [0.717, 1.165) is 17.1 Å². The number of benzene rings is 1. The molecule has 96 valence electrons. The average molecular weight is 260 g/mol. The Morgan fingerprint density at radius 2 is 1.94 bits per heavy atom. The Kier molecular flexibility index (Phi) is 3.83. The minimum absolute atomic E-state index is 0.0375. The van der Waals surface area contributed by atoms with E-state index in [2.05, 4.69) is 50.9 Å². The summed E-state index contributed by atoms with van der Waals surface area (Å²) in [6, 6.07) is 6.49. The molecule has 0 radical (unpaired) electrons. The largest absolute Gasteiger partial charge is 0.324 e. The first kappa shape index (κ1) is 13.2. The maximum atomic E-state index is 6.30. The highest BCUT2D eigenvalue weighted by atomic mass is 32.1. The second-order valence-corrected chi connectivity index (χ2v) is 6.21. The Hall–Kier alpha value is -1.19. The number of thiazole rings is 1. The number of rotatable bonds is 3. The van der Waals surface area contributed by atoms with Crippen LogP contribution >= 0.6 is 11.3 Å². The van der Waals surface area contributed by atoms with Gasteiger partial charge in [-0.3, -0.25) is 0 Å². The van der Waals surface area contributed by atoms with Crippen molar-refractivity contribution in [3.8, 4) is 0 Å². The molecule has 0 saturated heterocycles. The maximum absolute atomic E-state index is 6.30. The minimum atomic E-state index is 0.0375. The van der Waals surface area contributed by atoms with Crippen LogP contribution < -0.4 is 5.73 Å². The van der Waals surface area contributed by atoms with E-state index in [9.17, 15) is 0 Å². The molecule has 1 aromatic heterocycles. The first-order valence-corrected chi connectivity index (χ1v) is 7.04. The van der Waals surface area contributed by atoms with Gasteiger partial charge in [0.15, 0.2) is 0 Å². The topological polar surface area (TPSA) is 38.9 Å². The molecule has 1 aromatic carbocycles. The van der Waals surface area contributed by atoms with Gasteiger partial charge in [0.25, 0.3) is 0 Å². The second-order valence-electron chi connectivity index (χ2n) is 4.92. The van der Waals surface area contributed by atoms with Gasteiger partial charge in [-0.1, -0.05) is 23.8 Å². The predicted octanol–water partition coefficient (Wildman–Crippen LogP) is 3.62. The zero-order valence-electron chi connectivity index (χ0n) is 11.4. The minimum Gasteiger partial charge on any atom is -0.324 e. The molecule has 0 aliphatic rings. The van der Waals surface area contributed by atoms with Crippen LogP contribution in [-0.2, 0) is 6.42 Å². The summed E-state index contributed by atoms with van der Waals surface area (Å²) in [4.78, 5) is 5.85. The average Bonchev–Trinajstić information content (AvgIpc) is 2.57. The van der Waals surface area contributed by atoms with Gasteiger partial charge < -0.3 is 5.73 Å². The highest BCUT2D eigenvalue weighted by Crippen LogP contribution is 2.24. The summed E-state index contributed by atoms with van der Waals surface area (Å²) >= 11 is 1.76. The van der Waals surface area contributed by atoms with Crippen molar-refractivity contribution in [1.29, 1.82) is 0 Å². The second kappa shape index (κ2) is 5.21. The van der Waals surface area contributed by atoms with Gasteiger partial charge in [-0.2, -0.15) is 0 Å². The summed E-state index contributed by atoms with van der Waals surface area (Å²) in [6.45, 7) is 8.40. The molecule has 0 aliphatic heterocycles. The summed E-state index contributed by atoms with van der Waals surface area (Å²) in [7, 11) is 0. The van der Waals surface area contributed by atoms with Crippen molar-refractivity contribution >= 4 is 11.3 Å². The number of hydrogen-bond donors (Lipinski definition) is 1. The van der Waals surface area contributed by atoms with Crippen LogP contribution in [0.5, 0.6) is 0 Å². The Bertz CT molecular complexity index is 538. The molecular formula is C15H20N2S. The van der Waals surface area contributed by atoms with Gasteiger partial charge in [-0.05, 0) is 38.8 Å². The van der Waals surface area contributed by atoms with Crippen LogP contribution in [0, 0.1) is 27.7 Å². The number of aromatic nitrogens is 1. The third-order valence-corrected chi connectivity index (χ3v) is 4.39. The lowest BCUT2D eigenvalue weighted by atomic mass is 9.98. The third-order valence-electron chi connectivity index (χ3n) is 3.29. The molecule has 18 heavy (non-hydrogen) atoms. The van der Waals surface area contributed by atoms with Gasteiger partial charge in [0, 0.05) is 17.3 Å². The first-order chi connectivity index (χ1) is 8.47. The van der Waals surface area contributed by atoms with Gasteiger partial charge in [0.05, 0.1) is 10.7 Å². The van der Waals surface area contributed by atoms with E-state index in [1.54, 1.807) is 11.3 Å². The number of hydrogen-bond acceptors (Lipinski definition) is 3. The van der Waals surface area contributed by atoms with Crippen LogP contribution in [0.3, 0.4) is 0 Å². The molecule has 2 aromatic rings.